The third-order valence-corrected chi connectivity index (χ3v) is 2.03. The smallest absolute Gasteiger partial charge is 0.227 e. The van der Waals surface area contributed by atoms with E-state index in [-0.39, 0.29) is 11.9 Å². The highest BCUT2D eigenvalue weighted by atomic mass is 16.1. The summed E-state index contributed by atoms with van der Waals surface area (Å²) >= 11 is 0. The lowest BCUT2D eigenvalue weighted by atomic mass is 10.1. The van der Waals surface area contributed by atoms with Crippen molar-refractivity contribution in [3.63, 3.8) is 0 Å². The van der Waals surface area contributed by atoms with Crippen LogP contribution in [0.1, 0.15) is 26.2 Å². The monoisotopic (exact) mass is 211 g/mol. The molecular weight excluding hydrogens is 194 g/mol. The van der Waals surface area contributed by atoms with Gasteiger partial charge in [-0.05, 0) is 19.8 Å². The van der Waals surface area contributed by atoms with Crippen LogP contribution in [0.3, 0.4) is 0 Å². The van der Waals surface area contributed by atoms with Crippen molar-refractivity contribution in [2.45, 2.75) is 32.2 Å². The standard InChI is InChI=1S/C9H17N5O/c1-7(10)4-3-5-8(15)13-9-11-6-12-14(9)2/h6-7H,3-5,10H2,1-2H3,(H,11,12,13,15). The van der Waals surface area contributed by atoms with E-state index in [0.29, 0.717) is 12.4 Å². The van der Waals surface area contributed by atoms with Crippen LogP contribution in [0.5, 0.6) is 0 Å². The number of nitrogens with one attached hydrogen (secondary N) is 1. The SMILES string of the molecule is CC(N)CCCC(=O)Nc1ncnn1C. The van der Waals surface area contributed by atoms with Gasteiger partial charge in [-0.25, -0.2) is 4.68 Å². The molecule has 15 heavy (non-hydrogen) atoms. The second-order valence-corrected chi connectivity index (χ2v) is 3.62. The van der Waals surface area contributed by atoms with Crippen LogP contribution in [0, 0.1) is 0 Å². The topological polar surface area (TPSA) is 85.8 Å². The van der Waals surface area contributed by atoms with Crippen molar-refractivity contribution in [3.05, 3.63) is 6.33 Å². The number of aromatic nitrogens is 3. The lowest BCUT2D eigenvalue weighted by Crippen LogP contribution is -2.18. The lowest BCUT2D eigenvalue weighted by Gasteiger charge is -2.05. The third kappa shape index (κ3) is 4.07. The molecule has 1 rings (SSSR count). The molecule has 0 aliphatic carbocycles. The number of nitrogens with zero attached hydrogens (tertiary/aromatic N) is 3. The van der Waals surface area contributed by atoms with E-state index in [2.05, 4.69) is 15.4 Å². The van der Waals surface area contributed by atoms with E-state index in [1.165, 1.54) is 11.0 Å². The fourth-order valence-corrected chi connectivity index (χ4v) is 1.18. The van der Waals surface area contributed by atoms with Crippen molar-refractivity contribution in [1.82, 2.24) is 14.8 Å². The molecule has 0 fully saturated rings. The Bertz CT molecular complexity index is 320. The van der Waals surface area contributed by atoms with Gasteiger partial charge < -0.3 is 5.73 Å². The van der Waals surface area contributed by atoms with Gasteiger partial charge in [-0.3, -0.25) is 10.1 Å². The number of anilines is 1. The zero-order valence-corrected chi connectivity index (χ0v) is 9.10. The molecule has 1 aromatic rings. The van der Waals surface area contributed by atoms with Crippen molar-refractivity contribution >= 4 is 11.9 Å². The van der Waals surface area contributed by atoms with E-state index in [1.807, 2.05) is 6.92 Å². The quantitative estimate of drug-likeness (QED) is 0.732. The van der Waals surface area contributed by atoms with Crippen LogP contribution < -0.4 is 11.1 Å². The van der Waals surface area contributed by atoms with Gasteiger partial charge in [-0.15, -0.1) is 0 Å². The second-order valence-electron chi connectivity index (χ2n) is 3.62. The van der Waals surface area contributed by atoms with Crippen molar-refractivity contribution < 1.29 is 4.79 Å². The molecule has 0 aromatic carbocycles. The van der Waals surface area contributed by atoms with Crippen LogP contribution in [0.15, 0.2) is 6.33 Å². The molecule has 1 heterocycles. The Hall–Kier alpha value is -1.43. The molecule has 1 amide bonds. The number of rotatable bonds is 5. The fourth-order valence-electron chi connectivity index (χ4n) is 1.18. The minimum Gasteiger partial charge on any atom is -0.328 e. The molecule has 0 bridgehead atoms. The van der Waals surface area contributed by atoms with E-state index >= 15 is 0 Å². The Morgan fingerprint density at radius 1 is 1.73 bits per heavy atom. The average Bonchev–Trinajstić information content (AvgIpc) is 2.51. The molecule has 0 radical (unpaired) electrons. The molecule has 0 saturated heterocycles. The molecule has 84 valence electrons. The zero-order valence-electron chi connectivity index (χ0n) is 9.10. The number of carbonyl (C=O) groups is 1. The number of amides is 1. The minimum absolute atomic E-state index is 0.0493. The van der Waals surface area contributed by atoms with Gasteiger partial charge in [-0.1, -0.05) is 0 Å². The highest BCUT2D eigenvalue weighted by Crippen LogP contribution is 2.03. The number of hydrogen-bond donors (Lipinski definition) is 2. The first-order chi connectivity index (χ1) is 7.09. The Balaban J connectivity index is 2.28. The third-order valence-electron chi connectivity index (χ3n) is 2.03. The molecule has 0 aliphatic rings. The Labute approximate surface area is 88.9 Å². The maximum absolute atomic E-state index is 11.4. The molecule has 0 spiro atoms. The zero-order chi connectivity index (χ0) is 11.3. The van der Waals surface area contributed by atoms with E-state index in [0.717, 1.165) is 12.8 Å². The summed E-state index contributed by atoms with van der Waals surface area (Å²) in [4.78, 5) is 15.3. The summed E-state index contributed by atoms with van der Waals surface area (Å²) in [6, 6.07) is 0.146. The van der Waals surface area contributed by atoms with Crippen LogP contribution in [-0.4, -0.2) is 26.7 Å². The number of carbonyl (C=O) groups excluding carboxylic acids is 1. The van der Waals surface area contributed by atoms with Gasteiger partial charge in [0.2, 0.25) is 11.9 Å². The van der Waals surface area contributed by atoms with Gasteiger partial charge in [0.05, 0.1) is 0 Å². The minimum atomic E-state index is -0.0493. The maximum atomic E-state index is 11.4. The molecule has 1 atom stereocenters. The number of hydrogen-bond acceptors (Lipinski definition) is 4. The van der Waals surface area contributed by atoms with E-state index in [4.69, 9.17) is 5.73 Å². The molecule has 6 heteroatoms. The normalized spacial score (nSPS) is 12.5. The van der Waals surface area contributed by atoms with Crippen LogP contribution in [-0.2, 0) is 11.8 Å². The summed E-state index contributed by atoms with van der Waals surface area (Å²) in [5.74, 6) is 0.424. The van der Waals surface area contributed by atoms with Gasteiger partial charge in [0, 0.05) is 19.5 Å². The highest BCUT2D eigenvalue weighted by molar-refractivity contribution is 5.88. The van der Waals surface area contributed by atoms with Crippen molar-refractivity contribution in [2.24, 2.45) is 12.8 Å². The van der Waals surface area contributed by atoms with Gasteiger partial charge >= 0.3 is 0 Å². The van der Waals surface area contributed by atoms with Crippen LogP contribution in [0.4, 0.5) is 5.95 Å². The van der Waals surface area contributed by atoms with Crippen LogP contribution in [0.25, 0.3) is 0 Å². The van der Waals surface area contributed by atoms with Gasteiger partial charge in [0.25, 0.3) is 0 Å². The molecule has 1 unspecified atom stereocenters. The lowest BCUT2D eigenvalue weighted by molar-refractivity contribution is -0.116. The Morgan fingerprint density at radius 2 is 2.47 bits per heavy atom. The molecule has 0 saturated carbocycles. The van der Waals surface area contributed by atoms with Gasteiger partial charge in [0.1, 0.15) is 6.33 Å². The highest BCUT2D eigenvalue weighted by Gasteiger charge is 2.06. The van der Waals surface area contributed by atoms with Crippen molar-refractivity contribution in [2.75, 3.05) is 5.32 Å². The van der Waals surface area contributed by atoms with Crippen molar-refractivity contribution in [1.29, 1.82) is 0 Å². The Morgan fingerprint density at radius 3 is 3.00 bits per heavy atom. The first-order valence-corrected chi connectivity index (χ1v) is 4.99. The molecule has 3 N–H and O–H groups in total. The summed E-state index contributed by atoms with van der Waals surface area (Å²) in [7, 11) is 1.73. The molecule has 6 nitrogen and oxygen atoms in total. The van der Waals surface area contributed by atoms with Gasteiger partial charge in [-0.2, -0.15) is 10.1 Å². The first kappa shape index (κ1) is 11.6. The predicted octanol–water partition coefficient (Wildman–Crippen LogP) is 0.271. The summed E-state index contributed by atoms with van der Waals surface area (Å²) in [6.07, 6.45) is 3.51. The van der Waals surface area contributed by atoms with Crippen molar-refractivity contribution in [3.8, 4) is 0 Å². The maximum Gasteiger partial charge on any atom is 0.227 e. The first-order valence-electron chi connectivity index (χ1n) is 4.99. The Kier molecular flexibility index (Phi) is 4.23. The summed E-state index contributed by atoms with van der Waals surface area (Å²) in [5, 5.41) is 6.52. The molecular formula is C9H17N5O. The molecule has 0 aliphatic heterocycles. The number of nitrogens with two attached hydrogens (primary N) is 1. The van der Waals surface area contributed by atoms with E-state index in [1.54, 1.807) is 7.05 Å². The average molecular weight is 211 g/mol. The van der Waals surface area contributed by atoms with E-state index in [9.17, 15) is 4.79 Å². The largest absolute Gasteiger partial charge is 0.328 e. The van der Waals surface area contributed by atoms with Crippen LogP contribution >= 0.6 is 0 Å². The predicted molar refractivity (Wildman–Crippen MR) is 57.1 cm³/mol. The summed E-state index contributed by atoms with van der Waals surface area (Å²) in [6.45, 7) is 1.93. The summed E-state index contributed by atoms with van der Waals surface area (Å²) in [5.41, 5.74) is 5.58. The molecule has 1 aromatic heterocycles. The van der Waals surface area contributed by atoms with E-state index < -0.39 is 0 Å². The fraction of sp³-hybridized carbons (Fsp3) is 0.667. The van der Waals surface area contributed by atoms with Gasteiger partial charge in [0.15, 0.2) is 0 Å². The second kappa shape index (κ2) is 5.45. The summed E-state index contributed by atoms with van der Waals surface area (Å²) < 4.78 is 1.52. The van der Waals surface area contributed by atoms with Crippen LogP contribution in [0.2, 0.25) is 0 Å². The number of aryl methyl sites for hydroxylation is 1.